The van der Waals surface area contributed by atoms with Crippen LogP contribution >= 0.6 is 0 Å². The van der Waals surface area contributed by atoms with Crippen molar-refractivity contribution in [3.8, 4) is 0 Å². The van der Waals surface area contributed by atoms with Crippen molar-refractivity contribution in [1.82, 2.24) is 9.97 Å². The number of nitrogens with two attached hydrogens (primary N) is 1. The second-order valence-electron chi connectivity index (χ2n) is 5.76. The lowest BCUT2D eigenvalue weighted by Gasteiger charge is -2.17. The number of carboxylic acids is 1. The average molecular weight is 314 g/mol. The van der Waals surface area contributed by atoms with Gasteiger partial charge in [-0.15, -0.1) is 0 Å². The molecule has 1 unspecified atom stereocenters. The Kier molecular flexibility index (Phi) is 4.01. The van der Waals surface area contributed by atoms with E-state index < -0.39 is 5.97 Å². The quantitative estimate of drug-likeness (QED) is 0.779. The number of nitrogens with one attached hydrogen (secondary N) is 1. The van der Waals surface area contributed by atoms with Crippen molar-refractivity contribution in [2.45, 2.75) is 12.8 Å². The monoisotopic (exact) mass is 314 g/mol. The van der Waals surface area contributed by atoms with E-state index in [4.69, 9.17) is 5.73 Å². The smallest absolute Gasteiger partial charge is 0.335 e. The van der Waals surface area contributed by atoms with Crippen molar-refractivity contribution in [2.75, 3.05) is 23.7 Å². The van der Waals surface area contributed by atoms with E-state index in [-0.39, 0.29) is 11.5 Å². The number of H-pyrrole nitrogens is 1. The summed E-state index contributed by atoms with van der Waals surface area (Å²) in [4.78, 5) is 31.4. The van der Waals surface area contributed by atoms with E-state index in [1.54, 1.807) is 12.1 Å². The molecule has 1 saturated heterocycles. The highest BCUT2D eigenvalue weighted by Crippen LogP contribution is 2.25. The molecule has 1 aromatic carbocycles. The lowest BCUT2D eigenvalue weighted by Crippen LogP contribution is -2.24. The first kappa shape index (κ1) is 15.1. The molecule has 120 valence electrons. The van der Waals surface area contributed by atoms with Gasteiger partial charge in [-0.1, -0.05) is 18.2 Å². The number of nitrogens with zero attached hydrogens (tertiary/aromatic N) is 2. The predicted molar refractivity (Wildman–Crippen MR) is 86.7 cm³/mol. The molecule has 0 spiro atoms. The highest BCUT2D eigenvalue weighted by Gasteiger charge is 2.25. The third-order valence-electron chi connectivity index (χ3n) is 4.11. The number of hydrogen-bond acceptors (Lipinski definition) is 5. The summed E-state index contributed by atoms with van der Waals surface area (Å²) in [5.74, 6) is 0.0877. The van der Waals surface area contributed by atoms with Gasteiger partial charge in [-0.3, -0.25) is 9.78 Å². The van der Waals surface area contributed by atoms with E-state index in [9.17, 15) is 14.7 Å². The van der Waals surface area contributed by atoms with Crippen LogP contribution in [0.15, 0.2) is 35.1 Å². The van der Waals surface area contributed by atoms with Gasteiger partial charge in [-0.2, -0.15) is 4.98 Å². The summed E-state index contributed by atoms with van der Waals surface area (Å²) in [5.41, 5.74) is 6.50. The Hall–Kier alpha value is -2.83. The van der Waals surface area contributed by atoms with Crippen LogP contribution in [0.4, 0.5) is 11.8 Å². The van der Waals surface area contributed by atoms with E-state index in [0.29, 0.717) is 23.7 Å². The van der Waals surface area contributed by atoms with Gasteiger partial charge in [0.15, 0.2) is 0 Å². The summed E-state index contributed by atoms with van der Waals surface area (Å²) in [6.45, 7) is 1.50. The Bertz CT molecular complexity index is 787. The van der Waals surface area contributed by atoms with E-state index in [1.165, 1.54) is 6.07 Å². The Morgan fingerprint density at radius 2 is 2.22 bits per heavy atom. The van der Waals surface area contributed by atoms with Crippen molar-refractivity contribution >= 4 is 17.7 Å². The molecule has 1 aliphatic rings. The molecule has 0 saturated carbocycles. The molecule has 0 aliphatic carbocycles. The number of anilines is 2. The summed E-state index contributed by atoms with van der Waals surface area (Å²) in [7, 11) is 0. The molecule has 1 aromatic heterocycles. The average Bonchev–Trinajstić information content (AvgIpc) is 2.95. The Balaban J connectivity index is 1.73. The first-order valence-electron chi connectivity index (χ1n) is 7.46. The van der Waals surface area contributed by atoms with Gasteiger partial charge in [-0.25, -0.2) is 4.79 Å². The minimum atomic E-state index is -0.903. The van der Waals surface area contributed by atoms with Crippen molar-refractivity contribution in [3.05, 3.63) is 51.8 Å². The minimum Gasteiger partial charge on any atom is -0.478 e. The van der Waals surface area contributed by atoms with Gasteiger partial charge in [0, 0.05) is 19.2 Å². The number of nitrogen functional groups attached to an aromatic ring is 1. The van der Waals surface area contributed by atoms with Crippen LogP contribution in [0.5, 0.6) is 0 Å². The molecule has 1 aliphatic heterocycles. The summed E-state index contributed by atoms with van der Waals surface area (Å²) in [6.07, 6.45) is 1.61. The fourth-order valence-electron chi connectivity index (χ4n) is 3.05. The molecule has 2 heterocycles. The lowest BCUT2D eigenvalue weighted by molar-refractivity contribution is 0.0695. The van der Waals surface area contributed by atoms with Crippen LogP contribution in [0, 0.1) is 5.92 Å². The van der Waals surface area contributed by atoms with Gasteiger partial charge in [0.1, 0.15) is 5.82 Å². The molecule has 2 aromatic rings. The van der Waals surface area contributed by atoms with Crippen molar-refractivity contribution in [1.29, 1.82) is 0 Å². The molecule has 1 fully saturated rings. The first-order chi connectivity index (χ1) is 11.0. The largest absolute Gasteiger partial charge is 0.478 e. The molecule has 3 rings (SSSR count). The van der Waals surface area contributed by atoms with Crippen LogP contribution in [-0.2, 0) is 6.42 Å². The SMILES string of the molecule is Nc1nc(N2CCC(Cc3ccccc3C(=O)O)C2)cc(=O)[nH]1. The second-order valence-corrected chi connectivity index (χ2v) is 5.76. The lowest BCUT2D eigenvalue weighted by atomic mass is 9.95. The molecular weight excluding hydrogens is 296 g/mol. The summed E-state index contributed by atoms with van der Waals surface area (Å²) in [5, 5.41) is 9.26. The standard InChI is InChI=1S/C16H18N4O3/c17-16-18-13(8-14(21)19-16)20-6-5-10(9-20)7-11-3-1-2-4-12(11)15(22)23/h1-4,8,10H,5-7,9H2,(H,22,23)(H3,17,18,19,21). The molecule has 1 atom stereocenters. The number of carboxylic acid groups (broad SMARTS) is 1. The van der Waals surface area contributed by atoms with Crippen molar-refractivity contribution in [2.24, 2.45) is 5.92 Å². The maximum atomic E-state index is 11.5. The molecule has 23 heavy (non-hydrogen) atoms. The second kappa shape index (κ2) is 6.12. The Morgan fingerprint density at radius 3 is 2.96 bits per heavy atom. The zero-order chi connectivity index (χ0) is 16.4. The van der Waals surface area contributed by atoms with Gasteiger partial charge in [0.25, 0.3) is 5.56 Å². The van der Waals surface area contributed by atoms with Gasteiger partial charge in [0.05, 0.1) is 5.56 Å². The van der Waals surface area contributed by atoms with Crippen molar-refractivity contribution in [3.63, 3.8) is 0 Å². The van der Waals surface area contributed by atoms with Gasteiger partial charge >= 0.3 is 5.97 Å². The van der Waals surface area contributed by atoms with E-state index in [2.05, 4.69) is 9.97 Å². The van der Waals surface area contributed by atoms with Crippen molar-refractivity contribution < 1.29 is 9.90 Å². The molecule has 0 bridgehead atoms. The molecule has 4 N–H and O–H groups in total. The molecular formula is C16H18N4O3. The number of hydrogen-bond donors (Lipinski definition) is 3. The first-order valence-corrected chi connectivity index (χ1v) is 7.46. The Morgan fingerprint density at radius 1 is 1.43 bits per heavy atom. The fraction of sp³-hybridized carbons (Fsp3) is 0.312. The molecule has 7 heteroatoms. The van der Waals surface area contributed by atoms with E-state index in [1.807, 2.05) is 17.0 Å². The predicted octanol–water partition coefficient (Wildman–Crippen LogP) is 1.12. The number of carbonyl (C=O) groups is 1. The Labute approximate surface area is 132 Å². The fourth-order valence-corrected chi connectivity index (χ4v) is 3.05. The van der Waals surface area contributed by atoms with Gasteiger partial charge in [-0.05, 0) is 30.4 Å². The third-order valence-corrected chi connectivity index (χ3v) is 4.11. The maximum absolute atomic E-state index is 11.5. The number of benzene rings is 1. The van der Waals surface area contributed by atoms with Gasteiger partial charge in [0.2, 0.25) is 5.95 Å². The minimum absolute atomic E-state index is 0.104. The van der Waals surface area contributed by atoms with E-state index >= 15 is 0 Å². The molecule has 0 amide bonds. The summed E-state index contributed by atoms with van der Waals surface area (Å²) >= 11 is 0. The van der Waals surface area contributed by atoms with Crippen LogP contribution in [-0.4, -0.2) is 34.1 Å². The zero-order valence-corrected chi connectivity index (χ0v) is 12.5. The van der Waals surface area contributed by atoms with Crippen LogP contribution in [0.2, 0.25) is 0 Å². The van der Waals surface area contributed by atoms with Crippen LogP contribution < -0.4 is 16.2 Å². The molecule has 0 radical (unpaired) electrons. The highest BCUT2D eigenvalue weighted by atomic mass is 16.4. The van der Waals surface area contributed by atoms with Crippen LogP contribution in [0.1, 0.15) is 22.3 Å². The zero-order valence-electron chi connectivity index (χ0n) is 12.5. The number of aromatic amines is 1. The normalized spacial score (nSPS) is 17.4. The number of aromatic nitrogens is 2. The maximum Gasteiger partial charge on any atom is 0.335 e. The van der Waals surface area contributed by atoms with Crippen LogP contribution in [0.25, 0.3) is 0 Å². The topological polar surface area (TPSA) is 112 Å². The summed E-state index contributed by atoms with van der Waals surface area (Å²) in [6, 6.07) is 8.51. The summed E-state index contributed by atoms with van der Waals surface area (Å²) < 4.78 is 0. The van der Waals surface area contributed by atoms with Crippen LogP contribution in [0.3, 0.4) is 0 Å². The number of aromatic carboxylic acids is 1. The van der Waals surface area contributed by atoms with Gasteiger partial charge < -0.3 is 15.7 Å². The highest BCUT2D eigenvalue weighted by molar-refractivity contribution is 5.89. The number of rotatable bonds is 4. The molecule has 7 nitrogen and oxygen atoms in total. The third kappa shape index (κ3) is 3.33. The van der Waals surface area contributed by atoms with E-state index in [0.717, 1.165) is 25.1 Å².